The van der Waals surface area contributed by atoms with Crippen LogP contribution in [0.3, 0.4) is 0 Å². The van der Waals surface area contributed by atoms with E-state index < -0.39 is 0 Å². The Bertz CT molecular complexity index is 851. The number of benzene rings is 2. The fraction of sp³-hybridized carbons (Fsp3) is 0.150. The minimum atomic E-state index is -0.244. The summed E-state index contributed by atoms with van der Waals surface area (Å²) in [7, 11) is 1.62. The van der Waals surface area contributed by atoms with Crippen LogP contribution in [0.2, 0.25) is 0 Å². The van der Waals surface area contributed by atoms with Crippen molar-refractivity contribution in [2.45, 2.75) is 13.1 Å². The number of anilines is 1. The van der Waals surface area contributed by atoms with Crippen molar-refractivity contribution in [3.63, 3.8) is 0 Å². The number of hydrogen-bond donors (Lipinski definition) is 2. The van der Waals surface area contributed by atoms with Crippen molar-refractivity contribution in [3.8, 4) is 5.75 Å². The molecule has 132 valence electrons. The Hall–Kier alpha value is -3.41. The van der Waals surface area contributed by atoms with E-state index in [4.69, 9.17) is 4.74 Å². The summed E-state index contributed by atoms with van der Waals surface area (Å²) in [5, 5.41) is 5.98. The van der Waals surface area contributed by atoms with Crippen molar-refractivity contribution in [1.82, 2.24) is 15.3 Å². The summed E-state index contributed by atoms with van der Waals surface area (Å²) in [4.78, 5) is 20.7. The minimum absolute atomic E-state index is 0.244. The molecule has 0 spiro atoms. The van der Waals surface area contributed by atoms with Crippen LogP contribution in [-0.4, -0.2) is 23.0 Å². The van der Waals surface area contributed by atoms with Gasteiger partial charge in [0.15, 0.2) is 0 Å². The number of carbonyl (C=O) groups excluding carboxylic acids is 1. The third-order valence-corrected chi connectivity index (χ3v) is 3.79. The zero-order chi connectivity index (χ0) is 18.2. The largest absolute Gasteiger partial charge is 0.497 e. The molecule has 0 saturated heterocycles. The van der Waals surface area contributed by atoms with E-state index in [2.05, 4.69) is 20.6 Å². The van der Waals surface area contributed by atoms with Gasteiger partial charge in [-0.2, -0.15) is 0 Å². The normalized spacial score (nSPS) is 10.2. The molecule has 2 aromatic carbocycles. The third-order valence-electron chi connectivity index (χ3n) is 3.79. The zero-order valence-electron chi connectivity index (χ0n) is 14.5. The predicted octanol–water partition coefficient (Wildman–Crippen LogP) is 3.03. The van der Waals surface area contributed by atoms with Crippen molar-refractivity contribution >= 4 is 11.9 Å². The standard InChI is InChI=1S/C20H20N4O2/c1-26-17-9-7-16(8-10-17)13-22-19(25)18-11-12-21-20(24-18)23-14-15-5-3-2-4-6-15/h2-12H,13-14H2,1H3,(H,22,25)(H,21,23,24). The molecule has 3 rings (SSSR count). The molecule has 0 aliphatic carbocycles. The van der Waals surface area contributed by atoms with Gasteiger partial charge in [0.05, 0.1) is 7.11 Å². The van der Waals surface area contributed by atoms with Gasteiger partial charge in [0.2, 0.25) is 5.95 Å². The Morgan fingerprint density at radius 1 is 0.962 bits per heavy atom. The second-order valence-electron chi connectivity index (χ2n) is 5.64. The fourth-order valence-electron chi connectivity index (χ4n) is 2.36. The highest BCUT2D eigenvalue weighted by Gasteiger charge is 2.08. The van der Waals surface area contributed by atoms with Crippen LogP contribution in [0.15, 0.2) is 66.9 Å². The van der Waals surface area contributed by atoms with Crippen LogP contribution in [-0.2, 0) is 13.1 Å². The molecule has 6 nitrogen and oxygen atoms in total. The van der Waals surface area contributed by atoms with E-state index in [0.29, 0.717) is 24.7 Å². The van der Waals surface area contributed by atoms with Gasteiger partial charge >= 0.3 is 0 Å². The number of nitrogens with zero attached hydrogens (tertiary/aromatic N) is 2. The molecule has 1 amide bonds. The summed E-state index contributed by atoms with van der Waals surface area (Å²) in [6, 6.07) is 19.1. The second-order valence-corrected chi connectivity index (χ2v) is 5.64. The number of amides is 1. The van der Waals surface area contributed by atoms with E-state index in [-0.39, 0.29) is 5.91 Å². The SMILES string of the molecule is COc1ccc(CNC(=O)c2ccnc(NCc3ccccc3)n2)cc1. The maximum absolute atomic E-state index is 12.3. The lowest BCUT2D eigenvalue weighted by molar-refractivity contribution is 0.0946. The first-order valence-electron chi connectivity index (χ1n) is 8.26. The Balaban J connectivity index is 1.57. The number of ether oxygens (including phenoxy) is 1. The zero-order valence-corrected chi connectivity index (χ0v) is 14.5. The van der Waals surface area contributed by atoms with Crippen LogP contribution >= 0.6 is 0 Å². The van der Waals surface area contributed by atoms with Crippen molar-refractivity contribution in [2.24, 2.45) is 0 Å². The number of aromatic nitrogens is 2. The van der Waals surface area contributed by atoms with Gasteiger partial charge in [-0.15, -0.1) is 0 Å². The fourth-order valence-corrected chi connectivity index (χ4v) is 2.36. The summed E-state index contributed by atoms with van der Waals surface area (Å²) in [6.07, 6.45) is 1.57. The molecule has 6 heteroatoms. The Morgan fingerprint density at radius 3 is 2.42 bits per heavy atom. The van der Waals surface area contributed by atoms with Gasteiger partial charge in [0.25, 0.3) is 5.91 Å². The Labute approximate surface area is 152 Å². The van der Waals surface area contributed by atoms with Crippen LogP contribution in [0, 0.1) is 0 Å². The van der Waals surface area contributed by atoms with E-state index in [0.717, 1.165) is 16.9 Å². The molecule has 0 bridgehead atoms. The monoisotopic (exact) mass is 348 g/mol. The van der Waals surface area contributed by atoms with Gasteiger partial charge in [0, 0.05) is 19.3 Å². The maximum Gasteiger partial charge on any atom is 0.270 e. The van der Waals surface area contributed by atoms with Gasteiger partial charge in [-0.25, -0.2) is 9.97 Å². The van der Waals surface area contributed by atoms with Crippen LogP contribution in [0.1, 0.15) is 21.6 Å². The van der Waals surface area contributed by atoms with Gasteiger partial charge in [0.1, 0.15) is 11.4 Å². The van der Waals surface area contributed by atoms with E-state index in [1.165, 1.54) is 0 Å². The molecule has 0 aliphatic rings. The summed E-state index contributed by atoms with van der Waals surface area (Å²) >= 11 is 0. The lowest BCUT2D eigenvalue weighted by atomic mass is 10.2. The highest BCUT2D eigenvalue weighted by atomic mass is 16.5. The molecular formula is C20H20N4O2. The molecule has 1 heterocycles. The predicted molar refractivity (Wildman–Crippen MR) is 100.0 cm³/mol. The smallest absolute Gasteiger partial charge is 0.270 e. The Morgan fingerprint density at radius 2 is 1.69 bits per heavy atom. The van der Waals surface area contributed by atoms with Crippen molar-refractivity contribution in [1.29, 1.82) is 0 Å². The van der Waals surface area contributed by atoms with Gasteiger partial charge in [-0.3, -0.25) is 4.79 Å². The summed E-state index contributed by atoms with van der Waals surface area (Å²) in [5.74, 6) is 0.960. The van der Waals surface area contributed by atoms with Crippen molar-refractivity contribution in [3.05, 3.63) is 83.7 Å². The van der Waals surface area contributed by atoms with Gasteiger partial charge in [-0.05, 0) is 29.3 Å². The second kappa shape index (κ2) is 8.62. The quantitative estimate of drug-likeness (QED) is 0.686. The molecule has 0 radical (unpaired) electrons. The summed E-state index contributed by atoms with van der Waals surface area (Å²) in [5.41, 5.74) is 2.42. The van der Waals surface area contributed by atoms with E-state index in [1.807, 2.05) is 54.6 Å². The topological polar surface area (TPSA) is 76.1 Å². The lowest BCUT2D eigenvalue weighted by Crippen LogP contribution is -2.24. The average Bonchev–Trinajstić information content (AvgIpc) is 2.72. The van der Waals surface area contributed by atoms with Crippen molar-refractivity contribution < 1.29 is 9.53 Å². The molecule has 0 unspecified atom stereocenters. The first kappa shape index (κ1) is 17.4. The first-order chi connectivity index (χ1) is 12.7. The first-order valence-corrected chi connectivity index (χ1v) is 8.26. The number of carbonyl (C=O) groups is 1. The van der Waals surface area contributed by atoms with E-state index >= 15 is 0 Å². The number of nitrogens with one attached hydrogen (secondary N) is 2. The molecule has 2 N–H and O–H groups in total. The number of rotatable bonds is 7. The van der Waals surface area contributed by atoms with Gasteiger partial charge < -0.3 is 15.4 Å². The third kappa shape index (κ3) is 4.80. The minimum Gasteiger partial charge on any atom is -0.497 e. The molecule has 0 saturated carbocycles. The molecule has 0 fully saturated rings. The number of hydrogen-bond acceptors (Lipinski definition) is 5. The summed E-state index contributed by atoms with van der Waals surface area (Å²) in [6.45, 7) is 1.01. The van der Waals surface area contributed by atoms with E-state index in [9.17, 15) is 4.79 Å². The van der Waals surface area contributed by atoms with Crippen LogP contribution in [0.25, 0.3) is 0 Å². The lowest BCUT2D eigenvalue weighted by Gasteiger charge is -2.08. The molecule has 0 atom stereocenters. The number of methoxy groups -OCH3 is 1. The molecular weight excluding hydrogens is 328 g/mol. The molecule has 3 aromatic rings. The molecule has 1 aromatic heterocycles. The van der Waals surface area contributed by atoms with Crippen LogP contribution in [0.4, 0.5) is 5.95 Å². The maximum atomic E-state index is 12.3. The highest BCUT2D eigenvalue weighted by molar-refractivity contribution is 5.92. The van der Waals surface area contributed by atoms with E-state index in [1.54, 1.807) is 19.4 Å². The molecule has 26 heavy (non-hydrogen) atoms. The van der Waals surface area contributed by atoms with Crippen molar-refractivity contribution in [2.75, 3.05) is 12.4 Å². The average molecular weight is 348 g/mol. The molecule has 0 aliphatic heterocycles. The summed E-state index contributed by atoms with van der Waals surface area (Å²) < 4.78 is 5.12. The van der Waals surface area contributed by atoms with Gasteiger partial charge in [-0.1, -0.05) is 42.5 Å². The van der Waals surface area contributed by atoms with Crippen LogP contribution < -0.4 is 15.4 Å². The van der Waals surface area contributed by atoms with Crippen LogP contribution in [0.5, 0.6) is 5.75 Å². The Kier molecular flexibility index (Phi) is 5.77. The highest BCUT2D eigenvalue weighted by Crippen LogP contribution is 2.11.